The van der Waals surface area contributed by atoms with Crippen molar-refractivity contribution in [3.05, 3.63) is 35.9 Å². The number of hydrogen-bond acceptors (Lipinski definition) is 2. The Labute approximate surface area is 82.4 Å². The third kappa shape index (κ3) is 1.38. The zero-order chi connectivity index (χ0) is 9.42. The van der Waals surface area contributed by atoms with Crippen LogP contribution in [0.15, 0.2) is 35.2 Å². The van der Waals surface area contributed by atoms with Crippen molar-refractivity contribution in [3.63, 3.8) is 0 Å². The summed E-state index contributed by atoms with van der Waals surface area (Å²) in [5, 5.41) is 11.5. The maximum absolute atomic E-state index is 9.35. The maximum Gasteiger partial charge on any atom is 0.117 e. The molecule has 0 unspecified atom stereocenters. The molecular formula is C11H10OS. The number of fused-ring (bicyclic) bond motifs is 1. The number of aryl methyl sites for hydroxylation is 1. The second-order valence-corrected chi connectivity index (χ2v) is 3.62. The molecule has 0 heterocycles. The predicted molar refractivity (Wildman–Crippen MR) is 57.6 cm³/mol. The van der Waals surface area contributed by atoms with Gasteiger partial charge in [0.15, 0.2) is 0 Å². The van der Waals surface area contributed by atoms with Crippen LogP contribution in [0.5, 0.6) is 5.75 Å². The summed E-state index contributed by atoms with van der Waals surface area (Å²) in [5.41, 5.74) is 1.18. The van der Waals surface area contributed by atoms with Crippen LogP contribution in [0.25, 0.3) is 10.8 Å². The van der Waals surface area contributed by atoms with Crippen molar-refractivity contribution in [1.29, 1.82) is 0 Å². The van der Waals surface area contributed by atoms with E-state index in [2.05, 4.69) is 12.6 Å². The van der Waals surface area contributed by atoms with Crippen molar-refractivity contribution in [2.75, 3.05) is 0 Å². The molecule has 0 amide bonds. The normalized spacial score (nSPS) is 10.6. The first-order valence-corrected chi connectivity index (χ1v) is 4.54. The number of phenolic OH excluding ortho intramolecular Hbond substituents is 1. The molecule has 0 aliphatic carbocycles. The van der Waals surface area contributed by atoms with E-state index in [4.69, 9.17) is 0 Å². The van der Waals surface area contributed by atoms with Crippen molar-refractivity contribution in [2.24, 2.45) is 0 Å². The Morgan fingerprint density at radius 3 is 2.77 bits per heavy atom. The Kier molecular flexibility index (Phi) is 1.93. The number of phenols is 1. The number of thiol groups is 1. The molecule has 0 saturated heterocycles. The Balaban J connectivity index is 2.94. The molecule has 0 spiro atoms. The minimum Gasteiger partial charge on any atom is -0.508 e. The Morgan fingerprint density at radius 2 is 2.00 bits per heavy atom. The van der Waals surface area contributed by atoms with Crippen LogP contribution in [0.4, 0.5) is 0 Å². The molecule has 2 heteroatoms. The Hall–Kier alpha value is -1.15. The summed E-state index contributed by atoms with van der Waals surface area (Å²) in [6.45, 7) is 2.04. The third-order valence-electron chi connectivity index (χ3n) is 2.15. The minimum atomic E-state index is 0.267. The molecule has 0 saturated carbocycles. The lowest BCUT2D eigenvalue weighted by Crippen LogP contribution is -1.80. The summed E-state index contributed by atoms with van der Waals surface area (Å²) in [6, 6.07) is 9.41. The van der Waals surface area contributed by atoms with Gasteiger partial charge < -0.3 is 5.11 Å². The number of benzene rings is 2. The average molecular weight is 190 g/mol. The highest BCUT2D eigenvalue weighted by atomic mass is 32.1. The van der Waals surface area contributed by atoms with Crippen molar-refractivity contribution in [1.82, 2.24) is 0 Å². The van der Waals surface area contributed by atoms with Gasteiger partial charge in [0.25, 0.3) is 0 Å². The van der Waals surface area contributed by atoms with Crippen LogP contribution in [0, 0.1) is 6.92 Å². The number of rotatable bonds is 0. The van der Waals surface area contributed by atoms with Gasteiger partial charge in [0.05, 0.1) is 0 Å². The van der Waals surface area contributed by atoms with Gasteiger partial charge in [-0.2, -0.15) is 0 Å². The smallest absolute Gasteiger partial charge is 0.117 e. The SMILES string of the molecule is Cc1cccc2cc(O)cc(S)c12. The molecule has 2 aromatic rings. The van der Waals surface area contributed by atoms with Crippen LogP contribution in [0.3, 0.4) is 0 Å². The molecule has 66 valence electrons. The van der Waals surface area contributed by atoms with E-state index in [1.807, 2.05) is 25.1 Å². The summed E-state index contributed by atoms with van der Waals surface area (Å²) >= 11 is 4.33. The lowest BCUT2D eigenvalue weighted by molar-refractivity contribution is 0.475. The summed E-state index contributed by atoms with van der Waals surface area (Å²) in [6.07, 6.45) is 0. The first kappa shape index (κ1) is 8.45. The van der Waals surface area contributed by atoms with Crippen LogP contribution in [-0.2, 0) is 0 Å². The van der Waals surface area contributed by atoms with Gasteiger partial charge >= 0.3 is 0 Å². The lowest BCUT2D eigenvalue weighted by Gasteiger charge is -2.05. The highest BCUT2D eigenvalue weighted by Crippen LogP contribution is 2.29. The van der Waals surface area contributed by atoms with E-state index in [0.717, 1.165) is 15.7 Å². The van der Waals surface area contributed by atoms with E-state index >= 15 is 0 Å². The van der Waals surface area contributed by atoms with E-state index in [1.165, 1.54) is 5.56 Å². The highest BCUT2D eigenvalue weighted by Gasteiger charge is 2.02. The predicted octanol–water partition coefficient (Wildman–Crippen LogP) is 3.14. The molecule has 0 atom stereocenters. The van der Waals surface area contributed by atoms with Crippen LogP contribution in [0.1, 0.15) is 5.56 Å². The second kappa shape index (κ2) is 2.96. The summed E-state index contributed by atoms with van der Waals surface area (Å²) in [7, 11) is 0. The summed E-state index contributed by atoms with van der Waals surface area (Å²) in [5.74, 6) is 0.267. The first-order valence-electron chi connectivity index (χ1n) is 4.10. The molecule has 0 aliphatic heterocycles. The largest absolute Gasteiger partial charge is 0.508 e. The highest BCUT2D eigenvalue weighted by molar-refractivity contribution is 7.80. The molecule has 0 fully saturated rings. The molecule has 13 heavy (non-hydrogen) atoms. The molecule has 2 rings (SSSR count). The fourth-order valence-corrected chi connectivity index (χ4v) is 2.01. The number of aromatic hydroxyl groups is 1. The minimum absolute atomic E-state index is 0.267. The van der Waals surface area contributed by atoms with Gasteiger partial charge in [0.2, 0.25) is 0 Å². The zero-order valence-electron chi connectivity index (χ0n) is 7.28. The van der Waals surface area contributed by atoms with Crippen molar-refractivity contribution >= 4 is 23.4 Å². The molecule has 1 N–H and O–H groups in total. The third-order valence-corrected chi connectivity index (χ3v) is 2.50. The fraction of sp³-hybridized carbons (Fsp3) is 0.0909. The van der Waals surface area contributed by atoms with Gasteiger partial charge in [-0.1, -0.05) is 18.2 Å². The van der Waals surface area contributed by atoms with Crippen LogP contribution < -0.4 is 0 Å². The van der Waals surface area contributed by atoms with Crippen LogP contribution in [0.2, 0.25) is 0 Å². The van der Waals surface area contributed by atoms with Gasteiger partial charge in [-0.15, -0.1) is 12.6 Å². The molecule has 0 aliphatic rings. The first-order chi connectivity index (χ1) is 6.18. The van der Waals surface area contributed by atoms with Crippen molar-refractivity contribution in [2.45, 2.75) is 11.8 Å². The van der Waals surface area contributed by atoms with E-state index in [-0.39, 0.29) is 5.75 Å². The van der Waals surface area contributed by atoms with Crippen molar-refractivity contribution in [3.8, 4) is 5.75 Å². The fourth-order valence-electron chi connectivity index (χ4n) is 1.57. The Bertz CT molecular complexity index is 463. The quantitative estimate of drug-likeness (QED) is 0.611. The lowest BCUT2D eigenvalue weighted by atomic mass is 10.1. The standard InChI is InChI=1S/C11H10OS/c1-7-3-2-4-8-5-9(12)6-10(13)11(7)8/h2-6,12-13H,1H3. The monoisotopic (exact) mass is 190 g/mol. The molecule has 1 nitrogen and oxygen atoms in total. The van der Waals surface area contributed by atoms with E-state index in [9.17, 15) is 5.11 Å². The topological polar surface area (TPSA) is 20.2 Å². The molecule has 2 aromatic carbocycles. The van der Waals surface area contributed by atoms with Crippen molar-refractivity contribution < 1.29 is 5.11 Å². The van der Waals surface area contributed by atoms with Crippen LogP contribution >= 0.6 is 12.6 Å². The van der Waals surface area contributed by atoms with Crippen LogP contribution in [-0.4, -0.2) is 5.11 Å². The number of hydrogen-bond donors (Lipinski definition) is 2. The van der Waals surface area contributed by atoms with E-state index in [1.54, 1.807) is 12.1 Å². The Morgan fingerprint density at radius 1 is 1.23 bits per heavy atom. The van der Waals surface area contributed by atoms with Gasteiger partial charge in [0.1, 0.15) is 5.75 Å². The van der Waals surface area contributed by atoms with Gasteiger partial charge in [0, 0.05) is 4.90 Å². The van der Waals surface area contributed by atoms with E-state index in [0.29, 0.717) is 0 Å². The summed E-state index contributed by atoms with van der Waals surface area (Å²) < 4.78 is 0. The summed E-state index contributed by atoms with van der Waals surface area (Å²) in [4.78, 5) is 0.827. The zero-order valence-corrected chi connectivity index (χ0v) is 8.18. The second-order valence-electron chi connectivity index (χ2n) is 3.14. The average Bonchev–Trinajstić information content (AvgIpc) is 2.02. The van der Waals surface area contributed by atoms with Gasteiger partial charge in [-0.05, 0) is 35.4 Å². The van der Waals surface area contributed by atoms with Gasteiger partial charge in [-0.25, -0.2) is 0 Å². The molecule has 0 aromatic heterocycles. The van der Waals surface area contributed by atoms with E-state index < -0.39 is 0 Å². The molecule has 0 bridgehead atoms. The molecule has 0 radical (unpaired) electrons. The molecular weight excluding hydrogens is 180 g/mol. The van der Waals surface area contributed by atoms with Gasteiger partial charge in [-0.3, -0.25) is 0 Å². The maximum atomic E-state index is 9.35.